The molecular weight excluding hydrogens is 408 g/mol. The maximum atomic E-state index is 12.7. The van der Waals surface area contributed by atoms with Crippen LogP contribution in [0.4, 0.5) is 17.1 Å². The molecule has 0 radical (unpaired) electrons. The van der Waals surface area contributed by atoms with Crippen LogP contribution in [0.1, 0.15) is 0 Å². The number of nitrogens with zero attached hydrogens (tertiary/aromatic N) is 3. The zero-order chi connectivity index (χ0) is 22.3. The summed E-state index contributed by atoms with van der Waals surface area (Å²) in [7, 11) is 0. The second kappa shape index (κ2) is 9.93. The van der Waals surface area contributed by atoms with Crippen molar-refractivity contribution in [3.63, 3.8) is 0 Å². The number of para-hydroxylation sites is 5. The molecule has 0 aromatic heterocycles. The van der Waals surface area contributed by atoms with Crippen molar-refractivity contribution >= 4 is 23.0 Å². The Morgan fingerprint density at radius 3 is 2.31 bits per heavy atom. The topological polar surface area (TPSA) is 88.0 Å². The number of nitro benzene ring substituents is 1. The predicted octanol–water partition coefficient (Wildman–Crippen LogP) is 4.15. The van der Waals surface area contributed by atoms with E-state index in [0.29, 0.717) is 49.1 Å². The molecule has 0 unspecified atom stereocenters. The van der Waals surface area contributed by atoms with Crippen LogP contribution in [0.15, 0.2) is 78.9 Å². The van der Waals surface area contributed by atoms with Gasteiger partial charge in [0.15, 0.2) is 5.75 Å². The number of piperazine rings is 1. The zero-order valence-corrected chi connectivity index (χ0v) is 17.5. The second-order valence-electron chi connectivity index (χ2n) is 7.47. The van der Waals surface area contributed by atoms with Gasteiger partial charge in [0.1, 0.15) is 11.4 Å². The van der Waals surface area contributed by atoms with Crippen LogP contribution in [0, 0.1) is 10.1 Å². The van der Waals surface area contributed by atoms with Crippen molar-refractivity contribution in [1.82, 2.24) is 4.90 Å². The van der Waals surface area contributed by atoms with E-state index in [-0.39, 0.29) is 23.1 Å². The van der Waals surface area contributed by atoms with Gasteiger partial charge >= 0.3 is 0 Å². The van der Waals surface area contributed by atoms with E-state index >= 15 is 0 Å². The Balaban J connectivity index is 1.33. The average molecular weight is 432 g/mol. The first-order valence-corrected chi connectivity index (χ1v) is 10.4. The number of hydrogen-bond donors (Lipinski definition) is 1. The number of hydrogen-bond acceptors (Lipinski definition) is 6. The highest BCUT2D eigenvalue weighted by atomic mass is 16.6. The summed E-state index contributed by atoms with van der Waals surface area (Å²) >= 11 is 0. The molecule has 3 aromatic rings. The van der Waals surface area contributed by atoms with E-state index in [1.165, 1.54) is 6.07 Å². The minimum Gasteiger partial charge on any atom is -0.455 e. The summed E-state index contributed by atoms with van der Waals surface area (Å²) in [4.78, 5) is 27.6. The SMILES string of the molecule is O=C(CN1CCN(c2ccccc2[N+](=O)[O-])CC1)Nc1ccccc1Oc1ccccc1. The van der Waals surface area contributed by atoms with Gasteiger partial charge in [0.25, 0.3) is 5.69 Å². The molecule has 164 valence electrons. The van der Waals surface area contributed by atoms with Gasteiger partial charge < -0.3 is 15.0 Å². The van der Waals surface area contributed by atoms with Crippen molar-refractivity contribution in [3.8, 4) is 11.5 Å². The standard InChI is InChI=1S/C24H24N4O4/c29-24(25-20-10-4-7-13-23(20)32-19-8-2-1-3-9-19)18-26-14-16-27(17-15-26)21-11-5-6-12-22(21)28(30)31/h1-13H,14-18H2,(H,25,29). The number of amides is 1. The Bertz CT molecular complexity index is 1080. The number of nitrogens with one attached hydrogen (secondary N) is 1. The number of rotatable bonds is 7. The fourth-order valence-corrected chi connectivity index (χ4v) is 3.70. The highest BCUT2D eigenvalue weighted by molar-refractivity contribution is 5.93. The number of anilines is 2. The third kappa shape index (κ3) is 5.22. The highest BCUT2D eigenvalue weighted by Crippen LogP contribution is 2.30. The van der Waals surface area contributed by atoms with Gasteiger partial charge in [-0.25, -0.2) is 0 Å². The van der Waals surface area contributed by atoms with Crippen LogP contribution in [0.3, 0.4) is 0 Å². The molecule has 1 heterocycles. The molecule has 0 atom stereocenters. The van der Waals surface area contributed by atoms with Crippen LogP contribution in [0.5, 0.6) is 11.5 Å². The van der Waals surface area contributed by atoms with E-state index in [2.05, 4.69) is 5.32 Å². The molecule has 4 rings (SSSR count). The van der Waals surface area contributed by atoms with Crippen molar-refractivity contribution in [2.45, 2.75) is 0 Å². The first kappa shape index (κ1) is 21.3. The van der Waals surface area contributed by atoms with Crippen molar-refractivity contribution < 1.29 is 14.5 Å². The first-order chi connectivity index (χ1) is 15.6. The number of carbonyl (C=O) groups is 1. The smallest absolute Gasteiger partial charge is 0.292 e. The Morgan fingerprint density at radius 2 is 1.56 bits per heavy atom. The van der Waals surface area contributed by atoms with E-state index in [9.17, 15) is 14.9 Å². The number of ether oxygens (including phenoxy) is 1. The van der Waals surface area contributed by atoms with Gasteiger partial charge in [0.05, 0.1) is 17.2 Å². The van der Waals surface area contributed by atoms with Gasteiger partial charge in [-0.2, -0.15) is 0 Å². The minimum absolute atomic E-state index is 0.105. The monoisotopic (exact) mass is 432 g/mol. The molecule has 1 fully saturated rings. The maximum Gasteiger partial charge on any atom is 0.292 e. The van der Waals surface area contributed by atoms with E-state index in [1.54, 1.807) is 18.2 Å². The van der Waals surface area contributed by atoms with Gasteiger partial charge in [-0.3, -0.25) is 19.8 Å². The molecule has 8 heteroatoms. The average Bonchev–Trinajstić information content (AvgIpc) is 2.81. The Hall–Kier alpha value is -3.91. The van der Waals surface area contributed by atoms with Crippen LogP contribution in [0.25, 0.3) is 0 Å². The molecule has 1 aliphatic rings. The molecule has 0 spiro atoms. The number of carbonyl (C=O) groups excluding carboxylic acids is 1. The fraction of sp³-hybridized carbons (Fsp3) is 0.208. The minimum atomic E-state index is -0.357. The van der Waals surface area contributed by atoms with E-state index in [1.807, 2.05) is 64.4 Å². The third-order valence-electron chi connectivity index (χ3n) is 5.29. The van der Waals surface area contributed by atoms with Crippen LogP contribution >= 0.6 is 0 Å². The fourth-order valence-electron chi connectivity index (χ4n) is 3.70. The summed E-state index contributed by atoms with van der Waals surface area (Å²) in [5, 5.41) is 14.2. The maximum absolute atomic E-state index is 12.7. The van der Waals surface area contributed by atoms with Crippen molar-refractivity contribution in [2.75, 3.05) is 42.9 Å². The summed E-state index contributed by atoms with van der Waals surface area (Å²) in [6.45, 7) is 2.76. The lowest BCUT2D eigenvalue weighted by atomic mass is 10.2. The molecule has 32 heavy (non-hydrogen) atoms. The van der Waals surface area contributed by atoms with Crippen molar-refractivity contribution in [1.29, 1.82) is 0 Å². The number of benzene rings is 3. The summed E-state index contributed by atoms with van der Waals surface area (Å²) in [5.74, 6) is 1.14. The lowest BCUT2D eigenvalue weighted by Crippen LogP contribution is -2.48. The van der Waals surface area contributed by atoms with Crippen molar-refractivity contribution in [3.05, 3.63) is 89.0 Å². The highest BCUT2D eigenvalue weighted by Gasteiger charge is 2.24. The molecular formula is C24H24N4O4. The van der Waals surface area contributed by atoms with Crippen LogP contribution < -0.4 is 15.0 Å². The predicted molar refractivity (Wildman–Crippen MR) is 123 cm³/mol. The van der Waals surface area contributed by atoms with E-state index in [0.717, 1.165) is 0 Å². The zero-order valence-electron chi connectivity index (χ0n) is 17.5. The van der Waals surface area contributed by atoms with E-state index in [4.69, 9.17) is 4.74 Å². The molecule has 0 aliphatic carbocycles. The Morgan fingerprint density at radius 1 is 0.906 bits per heavy atom. The number of nitro groups is 1. The van der Waals surface area contributed by atoms with Gasteiger partial charge in [-0.15, -0.1) is 0 Å². The largest absolute Gasteiger partial charge is 0.455 e. The lowest BCUT2D eigenvalue weighted by molar-refractivity contribution is -0.384. The third-order valence-corrected chi connectivity index (χ3v) is 5.29. The molecule has 3 aromatic carbocycles. The van der Waals surface area contributed by atoms with Crippen LogP contribution in [0.2, 0.25) is 0 Å². The molecule has 1 saturated heterocycles. The van der Waals surface area contributed by atoms with Crippen molar-refractivity contribution in [2.24, 2.45) is 0 Å². The molecule has 0 saturated carbocycles. The second-order valence-corrected chi connectivity index (χ2v) is 7.47. The Labute approximate surface area is 186 Å². The summed E-state index contributed by atoms with van der Waals surface area (Å²) < 4.78 is 5.90. The van der Waals surface area contributed by atoms with Gasteiger partial charge in [0, 0.05) is 32.2 Å². The van der Waals surface area contributed by atoms with Gasteiger partial charge in [0.2, 0.25) is 5.91 Å². The summed E-state index contributed by atoms with van der Waals surface area (Å²) in [6.07, 6.45) is 0. The van der Waals surface area contributed by atoms with Gasteiger partial charge in [-0.05, 0) is 30.3 Å². The summed E-state index contributed by atoms with van der Waals surface area (Å²) in [6, 6.07) is 23.5. The lowest BCUT2D eigenvalue weighted by Gasteiger charge is -2.35. The normalized spacial score (nSPS) is 14.1. The van der Waals surface area contributed by atoms with Crippen LogP contribution in [-0.4, -0.2) is 48.5 Å². The molecule has 0 bridgehead atoms. The van der Waals surface area contributed by atoms with Gasteiger partial charge in [-0.1, -0.05) is 42.5 Å². The quantitative estimate of drug-likeness (QED) is 0.446. The summed E-state index contributed by atoms with van der Waals surface area (Å²) in [5.41, 5.74) is 1.34. The Kier molecular flexibility index (Phi) is 6.62. The molecule has 1 amide bonds. The molecule has 1 aliphatic heterocycles. The first-order valence-electron chi connectivity index (χ1n) is 10.4. The molecule has 1 N–H and O–H groups in total. The van der Waals surface area contributed by atoms with E-state index < -0.39 is 0 Å². The molecule has 8 nitrogen and oxygen atoms in total. The van der Waals surface area contributed by atoms with Crippen LogP contribution in [-0.2, 0) is 4.79 Å².